The number of fused-ring (bicyclic) bond motifs is 1. The van der Waals surface area contributed by atoms with E-state index < -0.39 is 5.60 Å². The van der Waals surface area contributed by atoms with Crippen molar-refractivity contribution in [1.82, 2.24) is 0 Å². The van der Waals surface area contributed by atoms with E-state index in [4.69, 9.17) is 9.84 Å². The summed E-state index contributed by atoms with van der Waals surface area (Å²) in [5, 5.41) is 11.9. The van der Waals surface area contributed by atoms with Gasteiger partial charge in [-0.3, -0.25) is 4.79 Å². The van der Waals surface area contributed by atoms with Crippen LogP contribution in [0, 0.1) is 0 Å². The van der Waals surface area contributed by atoms with Crippen LogP contribution in [0.2, 0.25) is 0 Å². The lowest BCUT2D eigenvalue weighted by Crippen LogP contribution is -2.45. The number of amides is 1. The normalized spacial score (nSPS) is 18.9. The van der Waals surface area contributed by atoms with Crippen LogP contribution in [0.5, 0.6) is 5.75 Å². The Balaban J connectivity index is 2.36. The Morgan fingerprint density at radius 1 is 1.47 bits per heavy atom. The minimum atomic E-state index is -0.836. The Hall–Kier alpha value is -1.55. The number of aliphatic hydroxyl groups is 1. The first-order valence-electron chi connectivity index (χ1n) is 5.69. The molecule has 1 unspecified atom stereocenters. The number of anilines is 1. The van der Waals surface area contributed by atoms with E-state index in [0.29, 0.717) is 11.4 Å². The summed E-state index contributed by atoms with van der Waals surface area (Å²) < 4.78 is 5.63. The molecule has 4 heteroatoms. The molecule has 92 valence electrons. The highest BCUT2D eigenvalue weighted by Crippen LogP contribution is 2.35. The van der Waals surface area contributed by atoms with Crippen LogP contribution >= 0.6 is 0 Å². The lowest BCUT2D eigenvalue weighted by atomic mass is 9.99. The summed E-state index contributed by atoms with van der Waals surface area (Å²) in [6, 6.07) is 5.59. The lowest BCUT2D eigenvalue weighted by Gasteiger charge is -2.32. The van der Waals surface area contributed by atoms with Crippen LogP contribution in [0.25, 0.3) is 0 Å². The molecule has 0 saturated heterocycles. The number of rotatable bonds is 2. The second kappa shape index (κ2) is 4.04. The first kappa shape index (κ1) is 11.9. The van der Waals surface area contributed by atoms with Gasteiger partial charge in [0.2, 0.25) is 0 Å². The molecule has 2 N–H and O–H groups in total. The van der Waals surface area contributed by atoms with Crippen molar-refractivity contribution in [1.29, 1.82) is 0 Å². The fourth-order valence-corrected chi connectivity index (χ4v) is 1.74. The van der Waals surface area contributed by atoms with Crippen molar-refractivity contribution in [2.24, 2.45) is 0 Å². The van der Waals surface area contributed by atoms with E-state index >= 15 is 0 Å². The third-order valence-electron chi connectivity index (χ3n) is 3.01. The third kappa shape index (κ3) is 2.13. The fourth-order valence-electron chi connectivity index (χ4n) is 1.74. The van der Waals surface area contributed by atoms with E-state index in [1.807, 2.05) is 25.1 Å². The molecule has 1 amide bonds. The molecular formula is C13H17NO3. The van der Waals surface area contributed by atoms with Gasteiger partial charge in [0.1, 0.15) is 5.75 Å². The van der Waals surface area contributed by atoms with Gasteiger partial charge in [0.25, 0.3) is 5.91 Å². The predicted molar refractivity (Wildman–Crippen MR) is 65.3 cm³/mol. The average Bonchev–Trinajstić information content (AvgIpc) is 2.28. The topological polar surface area (TPSA) is 58.6 Å². The quantitative estimate of drug-likeness (QED) is 0.823. The third-order valence-corrected chi connectivity index (χ3v) is 3.01. The Morgan fingerprint density at radius 2 is 2.18 bits per heavy atom. The highest BCUT2D eigenvalue weighted by atomic mass is 16.5. The molecule has 1 aromatic carbocycles. The number of carbonyl (C=O) groups is 1. The average molecular weight is 235 g/mol. The Kier molecular flexibility index (Phi) is 2.83. The Morgan fingerprint density at radius 3 is 2.82 bits per heavy atom. The molecule has 0 radical (unpaired) electrons. The van der Waals surface area contributed by atoms with Gasteiger partial charge in [0, 0.05) is 12.5 Å². The second-order valence-corrected chi connectivity index (χ2v) is 4.91. The number of nitrogens with one attached hydrogen (secondary N) is 1. The number of carbonyl (C=O) groups excluding carboxylic acids is 1. The zero-order valence-corrected chi connectivity index (χ0v) is 10.3. The van der Waals surface area contributed by atoms with E-state index in [1.54, 1.807) is 13.8 Å². The lowest BCUT2D eigenvalue weighted by molar-refractivity contribution is -0.129. The van der Waals surface area contributed by atoms with Crippen molar-refractivity contribution in [3.05, 3.63) is 23.8 Å². The minimum Gasteiger partial charge on any atom is -0.476 e. The van der Waals surface area contributed by atoms with E-state index in [9.17, 15) is 4.79 Å². The Bertz CT molecular complexity index is 454. The van der Waals surface area contributed by atoms with Crippen LogP contribution in [-0.4, -0.2) is 23.2 Å². The smallest absolute Gasteiger partial charge is 0.268 e. The molecule has 1 aromatic rings. The van der Waals surface area contributed by atoms with Crippen LogP contribution in [0.3, 0.4) is 0 Å². The monoisotopic (exact) mass is 235 g/mol. The van der Waals surface area contributed by atoms with Gasteiger partial charge >= 0.3 is 0 Å². The summed E-state index contributed by atoms with van der Waals surface area (Å²) in [5.41, 5.74) is 0.818. The van der Waals surface area contributed by atoms with Crippen LogP contribution in [0.4, 0.5) is 5.69 Å². The SMILES string of the molecule is CC(CO)c1ccc2c(c1)NC(=O)C(C)(C)O2. The molecule has 2 rings (SSSR count). The van der Waals surface area contributed by atoms with Crippen molar-refractivity contribution in [2.45, 2.75) is 32.3 Å². The number of ether oxygens (including phenoxy) is 1. The van der Waals surface area contributed by atoms with Crippen LogP contribution in [0.15, 0.2) is 18.2 Å². The zero-order chi connectivity index (χ0) is 12.6. The molecule has 4 nitrogen and oxygen atoms in total. The predicted octanol–water partition coefficient (Wildman–Crippen LogP) is 1.89. The maximum absolute atomic E-state index is 11.7. The first-order chi connectivity index (χ1) is 7.94. The van der Waals surface area contributed by atoms with E-state index in [1.165, 1.54) is 0 Å². The maximum atomic E-state index is 11.7. The first-order valence-corrected chi connectivity index (χ1v) is 5.69. The number of hydrogen-bond acceptors (Lipinski definition) is 3. The second-order valence-electron chi connectivity index (χ2n) is 4.91. The van der Waals surface area contributed by atoms with Gasteiger partial charge < -0.3 is 15.2 Å². The van der Waals surface area contributed by atoms with Crippen molar-refractivity contribution in [2.75, 3.05) is 11.9 Å². The zero-order valence-electron chi connectivity index (χ0n) is 10.3. The van der Waals surface area contributed by atoms with Crippen LogP contribution < -0.4 is 10.1 Å². The van der Waals surface area contributed by atoms with Gasteiger partial charge in [0.15, 0.2) is 5.60 Å². The highest BCUT2D eigenvalue weighted by Gasteiger charge is 2.35. The Labute approximate surface area is 101 Å². The molecule has 1 aliphatic rings. The molecule has 1 atom stereocenters. The van der Waals surface area contributed by atoms with Crippen molar-refractivity contribution in [3.8, 4) is 5.75 Å². The molecule has 0 aromatic heterocycles. The molecule has 0 saturated carbocycles. The molecular weight excluding hydrogens is 218 g/mol. The van der Waals surface area contributed by atoms with Gasteiger partial charge in [-0.15, -0.1) is 0 Å². The summed E-state index contributed by atoms with van der Waals surface area (Å²) in [4.78, 5) is 11.7. The molecule has 17 heavy (non-hydrogen) atoms. The summed E-state index contributed by atoms with van der Waals surface area (Å²) >= 11 is 0. The van der Waals surface area contributed by atoms with Crippen molar-refractivity contribution in [3.63, 3.8) is 0 Å². The van der Waals surface area contributed by atoms with Crippen LogP contribution in [-0.2, 0) is 4.79 Å². The summed E-state index contributed by atoms with van der Waals surface area (Å²) in [6.45, 7) is 5.47. The summed E-state index contributed by atoms with van der Waals surface area (Å²) in [6.07, 6.45) is 0. The highest BCUT2D eigenvalue weighted by molar-refractivity contribution is 6.00. The standard InChI is InChI=1S/C13H17NO3/c1-8(7-15)9-4-5-11-10(6-9)14-12(16)13(2,3)17-11/h4-6,8,15H,7H2,1-3H3,(H,14,16). The largest absolute Gasteiger partial charge is 0.476 e. The number of aliphatic hydroxyl groups excluding tert-OH is 1. The molecule has 1 aliphatic heterocycles. The van der Waals surface area contributed by atoms with E-state index in [0.717, 1.165) is 5.56 Å². The number of benzene rings is 1. The minimum absolute atomic E-state index is 0.0483. The molecule has 0 fully saturated rings. The number of hydrogen-bond donors (Lipinski definition) is 2. The van der Waals surface area contributed by atoms with Crippen molar-refractivity contribution < 1.29 is 14.6 Å². The van der Waals surface area contributed by atoms with E-state index in [2.05, 4.69) is 5.32 Å². The van der Waals surface area contributed by atoms with Gasteiger partial charge in [-0.1, -0.05) is 13.0 Å². The molecule has 0 aliphatic carbocycles. The molecule has 0 bridgehead atoms. The maximum Gasteiger partial charge on any atom is 0.268 e. The van der Waals surface area contributed by atoms with Crippen LogP contribution in [0.1, 0.15) is 32.3 Å². The van der Waals surface area contributed by atoms with Crippen molar-refractivity contribution >= 4 is 11.6 Å². The van der Waals surface area contributed by atoms with Gasteiger partial charge in [-0.2, -0.15) is 0 Å². The van der Waals surface area contributed by atoms with E-state index in [-0.39, 0.29) is 18.4 Å². The summed E-state index contributed by atoms with van der Waals surface area (Å²) in [5.74, 6) is 0.564. The van der Waals surface area contributed by atoms with Gasteiger partial charge in [-0.25, -0.2) is 0 Å². The summed E-state index contributed by atoms with van der Waals surface area (Å²) in [7, 11) is 0. The molecule has 1 heterocycles. The van der Waals surface area contributed by atoms with Gasteiger partial charge in [0.05, 0.1) is 5.69 Å². The molecule has 0 spiro atoms. The van der Waals surface area contributed by atoms with Gasteiger partial charge in [-0.05, 0) is 31.5 Å². The fraction of sp³-hybridized carbons (Fsp3) is 0.462.